The summed E-state index contributed by atoms with van der Waals surface area (Å²) in [6, 6.07) is 4.96. The molecular formula is C25H33NO4. The molecule has 5 aliphatic carbocycles. The minimum atomic E-state index is -0.404. The molecule has 2 aliphatic heterocycles. The fraction of sp³-hybridized carbons (Fsp3) is 0.760. The van der Waals surface area contributed by atoms with Crippen molar-refractivity contribution in [2.24, 2.45) is 17.3 Å². The topological polar surface area (TPSA) is 51.2 Å². The van der Waals surface area contributed by atoms with Crippen molar-refractivity contribution in [2.75, 3.05) is 33.9 Å². The van der Waals surface area contributed by atoms with Crippen LogP contribution in [0.4, 0.5) is 0 Å². The third-order valence-electron chi connectivity index (χ3n) is 10.2. The average molecular weight is 412 g/mol. The molecule has 5 heteroatoms. The molecule has 162 valence electrons. The van der Waals surface area contributed by atoms with Gasteiger partial charge in [-0.2, -0.15) is 0 Å². The summed E-state index contributed by atoms with van der Waals surface area (Å²) in [6.45, 7) is 2.59. The second-order valence-electron chi connectivity index (χ2n) is 10.9. The molecule has 4 bridgehead atoms. The van der Waals surface area contributed by atoms with Crippen LogP contribution in [0.2, 0.25) is 0 Å². The first kappa shape index (κ1) is 18.3. The van der Waals surface area contributed by atoms with Gasteiger partial charge in [-0.25, -0.2) is 0 Å². The van der Waals surface area contributed by atoms with Crippen LogP contribution in [0.25, 0.3) is 0 Å². The Morgan fingerprint density at radius 2 is 2.07 bits per heavy atom. The molecule has 5 fully saturated rings. The van der Waals surface area contributed by atoms with Gasteiger partial charge in [0.15, 0.2) is 11.5 Å². The first-order valence-electron chi connectivity index (χ1n) is 11.9. The second kappa shape index (κ2) is 5.73. The lowest BCUT2D eigenvalue weighted by Gasteiger charge is -2.73. The number of aliphatic hydroxyl groups excluding tert-OH is 1. The molecule has 6 atom stereocenters. The lowest BCUT2D eigenvalue weighted by Crippen LogP contribution is -2.81. The summed E-state index contributed by atoms with van der Waals surface area (Å²) in [6.07, 6.45) is 8.24. The molecule has 30 heavy (non-hydrogen) atoms. The Bertz CT molecular complexity index is 915. The number of fused-ring (bicyclic) bond motifs is 2. The molecule has 1 N–H and O–H groups in total. The summed E-state index contributed by atoms with van der Waals surface area (Å²) in [4.78, 5) is 2.84. The summed E-state index contributed by atoms with van der Waals surface area (Å²) in [7, 11) is 3.59. The highest BCUT2D eigenvalue weighted by atomic mass is 16.6. The molecule has 8 rings (SSSR count). The molecule has 1 aromatic rings. The van der Waals surface area contributed by atoms with Gasteiger partial charge in [0, 0.05) is 48.6 Å². The zero-order valence-corrected chi connectivity index (χ0v) is 18.2. The van der Waals surface area contributed by atoms with Crippen molar-refractivity contribution in [1.29, 1.82) is 0 Å². The van der Waals surface area contributed by atoms with E-state index in [1.165, 1.54) is 36.9 Å². The molecule has 0 amide bonds. The molecule has 4 saturated carbocycles. The maximum absolute atomic E-state index is 10.5. The summed E-state index contributed by atoms with van der Waals surface area (Å²) in [5.74, 6) is 2.87. The van der Waals surface area contributed by atoms with Gasteiger partial charge >= 0.3 is 0 Å². The van der Waals surface area contributed by atoms with Crippen molar-refractivity contribution in [3.63, 3.8) is 0 Å². The minimum Gasteiger partial charge on any atom is -0.493 e. The smallest absolute Gasteiger partial charge is 0.165 e. The Balaban J connectivity index is 1.48. The first-order chi connectivity index (χ1) is 14.6. The molecule has 5 nitrogen and oxygen atoms in total. The first-order valence-corrected chi connectivity index (χ1v) is 11.9. The zero-order chi connectivity index (χ0) is 20.3. The van der Waals surface area contributed by atoms with Gasteiger partial charge in [0.25, 0.3) is 0 Å². The maximum atomic E-state index is 10.5. The molecule has 0 aromatic heterocycles. The van der Waals surface area contributed by atoms with Crippen molar-refractivity contribution in [3.8, 4) is 11.5 Å². The fourth-order valence-corrected chi connectivity index (χ4v) is 8.91. The van der Waals surface area contributed by atoms with E-state index in [0.29, 0.717) is 6.04 Å². The van der Waals surface area contributed by atoms with Crippen molar-refractivity contribution >= 4 is 0 Å². The van der Waals surface area contributed by atoms with Crippen LogP contribution in [0.5, 0.6) is 11.5 Å². The Labute approximate surface area is 178 Å². The zero-order valence-electron chi connectivity index (χ0n) is 18.2. The maximum Gasteiger partial charge on any atom is 0.165 e. The van der Waals surface area contributed by atoms with Gasteiger partial charge < -0.3 is 19.3 Å². The van der Waals surface area contributed by atoms with Crippen LogP contribution in [0.3, 0.4) is 0 Å². The normalized spacial score (nSPS) is 45.2. The molecule has 2 spiro atoms. The van der Waals surface area contributed by atoms with Gasteiger partial charge in [0.05, 0.1) is 7.11 Å². The van der Waals surface area contributed by atoms with E-state index in [4.69, 9.17) is 14.2 Å². The summed E-state index contributed by atoms with van der Waals surface area (Å²) >= 11 is 0. The highest BCUT2D eigenvalue weighted by Crippen LogP contribution is 2.76. The number of nitrogens with zero attached hydrogens (tertiary/aromatic N) is 1. The number of hydrogen-bond acceptors (Lipinski definition) is 5. The van der Waals surface area contributed by atoms with Crippen LogP contribution in [0.15, 0.2) is 12.1 Å². The van der Waals surface area contributed by atoms with Crippen LogP contribution in [0, 0.1) is 17.3 Å². The van der Waals surface area contributed by atoms with Crippen LogP contribution >= 0.6 is 0 Å². The molecular weight excluding hydrogens is 378 g/mol. The number of aliphatic hydroxyl groups is 1. The number of benzene rings is 1. The van der Waals surface area contributed by atoms with E-state index in [1.54, 1.807) is 7.11 Å². The quantitative estimate of drug-likeness (QED) is 0.808. The van der Waals surface area contributed by atoms with Crippen LogP contribution < -0.4 is 9.47 Å². The van der Waals surface area contributed by atoms with Gasteiger partial charge in [-0.15, -0.1) is 0 Å². The summed E-state index contributed by atoms with van der Waals surface area (Å²) in [5.41, 5.74) is 2.66. The van der Waals surface area contributed by atoms with Crippen LogP contribution in [-0.4, -0.2) is 61.7 Å². The number of rotatable bonds is 5. The number of methoxy groups -OCH3 is 2. The van der Waals surface area contributed by atoms with E-state index in [2.05, 4.69) is 17.0 Å². The number of piperidine rings is 1. The SMILES string of the molecule is COc1ccc2c3c1O[C@H]1[C@@]4(OC)CC[C@@]5(C[C@@H]4CO)[C@@H](C2)N(CC2CC2)CC[C@]315. The predicted molar refractivity (Wildman–Crippen MR) is 112 cm³/mol. The fourth-order valence-electron chi connectivity index (χ4n) is 8.91. The van der Waals surface area contributed by atoms with Crippen LogP contribution in [-0.2, 0) is 16.6 Å². The van der Waals surface area contributed by atoms with E-state index < -0.39 is 5.60 Å². The molecule has 1 aromatic carbocycles. The van der Waals surface area contributed by atoms with Crippen molar-refractivity contribution in [2.45, 2.75) is 68.1 Å². The van der Waals surface area contributed by atoms with Gasteiger partial charge in [-0.1, -0.05) is 6.07 Å². The number of likely N-dealkylation sites (tertiary alicyclic amines) is 1. The van der Waals surface area contributed by atoms with Gasteiger partial charge in [-0.05, 0) is 69.0 Å². The van der Waals surface area contributed by atoms with Gasteiger partial charge in [-0.3, -0.25) is 4.90 Å². The van der Waals surface area contributed by atoms with E-state index in [0.717, 1.165) is 49.6 Å². The van der Waals surface area contributed by atoms with Gasteiger partial charge in [0.2, 0.25) is 0 Å². The van der Waals surface area contributed by atoms with E-state index in [-0.39, 0.29) is 29.5 Å². The monoisotopic (exact) mass is 411 g/mol. The van der Waals surface area contributed by atoms with Crippen molar-refractivity contribution in [3.05, 3.63) is 23.3 Å². The highest BCUT2D eigenvalue weighted by Gasteiger charge is 2.80. The van der Waals surface area contributed by atoms with E-state index >= 15 is 0 Å². The number of hydrogen-bond donors (Lipinski definition) is 1. The van der Waals surface area contributed by atoms with Gasteiger partial charge in [0.1, 0.15) is 11.7 Å². The molecule has 1 saturated heterocycles. The Kier molecular flexibility index (Phi) is 3.49. The molecule has 7 aliphatic rings. The highest BCUT2D eigenvalue weighted by molar-refractivity contribution is 5.63. The second-order valence-corrected chi connectivity index (χ2v) is 10.9. The van der Waals surface area contributed by atoms with Crippen molar-refractivity contribution < 1.29 is 19.3 Å². The summed E-state index contributed by atoms with van der Waals surface area (Å²) in [5, 5.41) is 10.5. The molecule has 2 heterocycles. The standard InChI is InChI=1S/C25H33NO4/c1-28-18-6-5-16-11-19-23-7-8-25(29-2,17(12-23)14-27)22-24(23,20(16)21(18)30-22)9-10-26(19)13-15-3-4-15/h5-6,15,17,19,22,27H,3-4,7-14H2,1-2H3/t17-,19-,22-,23-,24+,25-/m1/s1. The lowest BCUT2D eigenvalue weighted by atomic mass is 9.35. The largest absolute Gasteiger partial charge is 0.493 e. The number of ether oxygens (including phenoxy) is 3. The average Bonchev–Trinajstić information content (AvgIpc) is 3.52. The van der Waals surface area contributed by atoms with Crippen LogP contribution in [0.1, 0.15) is 49.7 Å². The third-order valence-corrected chi connectivity index (χ3v) is 10.2. The summed E-state index contributed by atoms with van der Waals surface area (Å²) < 4.78 is 19.0. The predicted octanol–water partition coefficient (Wildman–Crippen LogP) is 2.91. The lowest BCUT2D eigenvalue weighted by molar-refractivity contribution is -0.281. The Morgan fingerprint density at radius 1 is 1.20 bits per heavy atom. The minimum absolute atomic E-state index is 0.00486. The molecule has 0 radical (unpaired) electrons. The third kappa shape index (κ3) is 1.81. The molecule has 0 unspecified atom stereocenters. The van der Waals surface area contributed by atoms with E-state index in [9.17, 15) is 5.11 Å². The van der Waals surface area contributed by atoms with E-state index in [1.807, 2.05) is 7.11 Å². The van der Waals surface area contributed by atoms with Crippen molar-refractivity contribution in [1.82, 2.24) is 4.90 Å². The Morgan fingerprint density at radius 3 is 2.80 bits per heavy atom. The Hall–Kier alpha value is -1.30.